The molecule has 2 saturated heterocycles. The summed E-state index contributed by atoms with van der Waals surface area (Å²) >= 11 is 0. The molecule has 0 aromatic carbocycles. The highest BCUT2D eigenvalue weighted by Gasteiger charge is 2.15. The molecule has 2 N–H and O–H groups in total. The molecule has 2 heterocycles. The van der Waals surface area contributed by atoms with Gasteiger partial charge >= 0.3 is 0 Å². The maximum atomic E-state index is 5.69. The van der Waals surface area contributed by atoms with Crippen molar-refractivity contribution in [2.24, 2.45) is 4.99 Å². The Balaban J connectivity index is 1.52. The fourth-order valence-electron chi connectivity index (χ4n) is 3.35. The first-order valence-corrected chi connectivity index (χ1v) is 10.5. The minimum atomic E-state index is 0.316. The van der Waals surface area contributed by atoms with E-state index in [1.807, 2.05) is 0 Å². The first kappa shape index (κ1) is 21.4. The highest BCUT2D eigenvalue weighted by Crippen LogP contribution is 2.11. The van der Waals surface area contributed by atoms with Crippen molar-refractivity contribution >= 4 is 5.96 Å². The molecule has 2 rings (SSSR count). The average Bonchev–Trinajstić information content (AvgIpc) is 3.18. The van der Waals surface area contributed by atoms with E-state index in [0.29, 0.717) is 6.10 Å². The van der Waals surface area contributed by atoms with Gasteiger partial charge in [-0.1, -0.05) is 6.92 Å². The van der Waals surface area contributed by atoms with Gasteiger partial charge in [-0.05, 0) is 32.7 Å². The number of likely N-dealkylation sites (N-methyl/N-ethyl adjacent to an activating group) is 1. The van der Waals surface area contributed by atoms with E-state index in [4.69, 9.17) is 9.47 Å². The van der Waals surface area contributed by atoms with Crippen LogP contribution in [0.3, 0.4) is 0 Å². The molecule has 0 bridgehead atoms. The molecule has 152 valence electrons. The number of rotatable bonds is 11. The summed E-state index contributed by atoms with van der Waals surface area (Å²) in [6, 6.07) is 0. The molecule has 0 saturated carbocycles. The highest BCUT2D eigenvalue weighted by atomic mass is 16.5. The molecule has 1 atom stereocenters. The maximum Gasteiger partial charge on any atom is 0.191 e. The van der Waals surface area contributed by atoms with Gasteiger partial charge in [0.15, 0.2) is 5.96 Å². The third-order valence-electron chi connectivity index (χ3n) is 5.02. The van der Waals surface area contributed by atoms with Gasteiger partial charge in [-0.25, -0.2) is 0 Å². The zero-order valence-electron chi connectivity index (χ0n) is 16.8. The number of ether oxygens (including phenoxy) is 2. The second-order valence-corrected chi connectivity index (χ2v) is 7.03. The largest absolute Gasteiger partial charge is 0.379 e. The van der Waals surface area contributed by atoms with Gasteiger partial charge in [-0.3, -0.25) is 9.89 Å². The molecule has 0 amide bonds. The molecule has 0 spiro atoms. The second kappa shape index (κ2) is 13.3. The van der Waals surface area contributed by atoms with Crippen molar-refractivity contribution in [3.8, 4) is 0 Å². The first-order chi connectivity index (χ1) is 12.8. The molecule has 0 aromatic heterocycles. The third-order valence-corrected chi connectivity index (χ3v) is 5.02. The van der Waals surface area contributed by atoms with Crippen molar-refractivity contribution in [1.82, 2.24) is 20.4 Å². The van der Waals surface area contributed by atoms with Crippen LogP contribution in [0, 0.1) is 0 Å². The maximum absolute atomic E-state index is 5.69. The van der Waals surface area contributed by atoms with Crippen molar-refractivity contribution < 1.29 is 9.47 Å². The number of hydrogen-bond donors (Lipinski definition) is 2. The van der Waals surface area contributed by atoms with Crippen LogP contribution in [0.1, 0.15) is 33.1 Å². The van der Waals surface area contributed by atoms with E-state index in [-0.39, 0.29) is 0 Å². The van der Waals surface area contributed by atoms with E-state index >= 15 is 0 Å². The monoisotopic (exact) mass is 369 g/mol. The van der Waals surface area contributed by atoms with E-state index in [1.165, 1.54) is 39.1 Å². The Morgan fingerprint density at radius 1 is 1.15 bits per heavy atom. The van der Waals surface area contributed by atoms with Crippen LogP contribution >= 0.6 is 0 Å². The molecule has 0 aliphatic carbocycles. The van der Waals surface area contributed by atoms with Crippen LogP contribution < -0.4 is 10.6 Å². The van der Waals surface area contributed by atoms with Crippen LogP contribution in [0.15, 0.2) is 4.99 Å². The van der Waals surface area contributed by atoms with Gasteiger partial charge in [-0.2, -0.15) is 0 Å². The molecule has 7 heteroatoms. The van der Waals surface area contributed by atoms with Crippen molar-refractivity contribution in [3.63, 3.8) is 0 Å². The smallest absolute Gasteiger partial charge is 0.191 e. The summed E-state index contributed by atoms with van der Waals surface area (Å²) in [4.78, 5) is 9.69. The number of aliphatic imine (C=N–C) groups is 1. The van der Waals surface area contributed by atoms with Gasteiger partial charge in [-0.15, -0.1) is 0 Å². The third kappa shape index (κ3) is 8.66. The summed E-state index contributed by atoms with van der Waals surface area (Å²) in [5, 5.41) is 6.78. The van der Waals surface area contributed by atoms with Gasteiger partial charge < -0.3 is 25.0 Å². The predicted octanol–water partition coefficient (Wildman–Crippen LogP) is 0.765. The van der Waals surface area contributed by atoms with Gasteiger partial charge in [0, 0.05) is 65.6 Å². The number of guanidine groups is 1. The normalized spacial score (nSPS) is 22.7. The average molecular weight is 370 g/mol. The van der Waals surface area contributed by atoms with Gasteiger partial charge in [0.05, 0.1) is 12.7 Å². The summed E-state index contributed by atoms with van der Waals surface area (Å²) in [6.07, 6.45) is 3.57. The van der Waals surface area contributed by atoms with Crippen LogP contribution in [0.2, 0.25) is 0 Å². The summed E-state index contributed by atoms with van der Waals surface area (Å²) in [5.41, 5.74) is 0. The molecule has 2 aliphatic rings. The van der Waals surface area contributed by atoms with E-state index in [9.17, 15) is 0 Å². The minimum Gasteiger partial charge on any atom is -0.379 e. The van der Waals surface area contributed by atoms with Crippen molar-refractivity contribution in [1.29, 1.82) is 0 Å². The zero-order valence-corrected chi connectivity index (χ0v) is 16.8. The lowest BCUT2D eigenvalue weighted by molar-refractivity contribution is 0.0171. The molecular weight excluding hydrogens is 330 g/mol. The molecule has 26 heavy (non-hydrogen) atoms. The summed E-state index contributed by atoms with van der Waals surface area (Å²) in [5.74, 6) is 0.916. The highest BCUT2D eigenvalue weighted by molar-refractivity contribution is 5.79. The van der Waals surface area contributed by atoms with Gasteiger partial charge in [0.1, 0.15) is 0 Å². The molecule has 2 fully saturated rings. The number of piperazine rings is 1. The zero-order chi connectivity index (χ0) is 18.5. The Hall–Kier alpha value is -0.890. The van der Waals surface area contributed by atoms with E-state index in [2.05, 4.69) is 39.3 Å². The van der Waals surface area contributed by atoms with Crippen LogP contribution in [0.5, 0.6) is 0 Å². The Kier molecular flexibility index (Phi) is 11.0. The fraction of sp³-hybridized carbons (Fsp3) is 0.947. The van der Waals surface area contributed by atoms with Gasteiger partial charge in [0.2, 0.25) is 0 Å². The molecule has 0 aromatic rings. The van der Waals surface area contributed by atoms with Crippen molar-refractivity contribution in [2.45, 2.75) is 39.2 Å². The van der Waals surface area contributed by atoms with E-state index < -0.39 is 0 Å². The number of hydrogen-bond acceptors (Lipinski definition) is 5. The fourth-order valence-corrected chi connectivity index (χ4v) is 3.35. The molecular formula is C19H39N5O2. The SMILES string of the molecule is CCNC(=NCCCOCC1CCCO1)NCCN1CCN(CC)CC1. The molecule has 0 radical (unpaired) electrons. The lowest BCUT2D eigenvalue weighted by Gasteiger charge is -2.34. The second-order valence-electron chi connectivity index (χ2n) is 7.03. The van der Waals surface area contributed by atoms with Crippen molar-refractivity contribution in [2.75, 3.05) is 78.7 Å². The van der Waals surface area contributed by atoms with Crippen LogP contribution in [0.4, 0.5) is 0 Å². The Morgan fingerprint density at radius 2 is 1.96 bits per heavy atom. The summed E-state index contributed by atoms with van der Waals surface area (Å²) < 4.78 is 11.2. The lowest BCUT2D eigenvalue weighted by atomic mass is 10.2. The molecule has 1 unspecified atom stereocenters. The quantitative estimate of drug-likeness (QED) is 0.319. The van der Waals surface area contributed by atoms with E-state index in [1.54, 1.807) is 0 Å². The van der Waals surface area contributed by atoms with Crippen LogP contribution in [-0.4, -0.2) is 101 Å². The van der Waals surface area contributed by atoms with Crippen LogP contribution in [-0.2, 0) is 9.47 Å². The Labute approximate surface area is 159 Å². The summed E-state index contributed by atoms with van der Waals surface area (Å²) in [6.45, 7) is 16.3. The Bertz CT molecular complexity index is 380. The molecule has 7 nitrogen and oxygen atoms in total. The Morgan fingerprint density at radius 3 is 2.65 bits per heavy atom. The lowest BCUT2D eigenvalue weighted by Crippen LogP contribution is -2.49. The van der Waals surface area contributed by atoms with Crippen LogP contribution in [0.25, 0.3) is 0 Å². The van der Waals surface area contributed by atoms with Gasteiger partial charge in [0.25, 0.3) is 0 Å². The topological polar surface area (TPSA) is 61.4 Å². The van der Waals surface area contributed by atoms with Crippen molar-refractivity contribution in [3.05, 3.63) is 0 Å². The predicted molar refractivity (Wildman–Crippen MR) is 107 cm³/mol. The van der Waals surface area contributed by atoms with E-state index in [0.717, 1.165) is 64.8 Å². The number of nitrogens with zero attached hydrogens (tertiary/aromatic N) is 3. The number of nitrogens with one attached hydrogen (secondary N) is 2. The minimum absolute atomic E-state index is 0.316. The standard InChI is InChI=1S/C19H39N5O2/c1-3-20-19(21-8-6-15-25-17-18-7-5-16-26-18)22-9-10-24-13-11-23(4-2)12-14-24/h18H,3-17H2,1-2H3,(H2,20,21,22). The molecule has 2 aliphatic heterocycles. The first-order valence-electron chi connectivity index (χ1n) is 10.5. The summed E-state index contributed by atoms with van der Waals surface area (Å²) in [7, 11) is 0.